The Balaban J connectivity index is 0.00000300. The maximum atomic E-state index is 11.6. The second-order valence-electron chi connectivity index (χ2n) is 5.89. The Kier molecular flexibility index (Phi) is 7.52. The molecule has 0 saturated carbocycles. The van der Waals surface area contributed by atoms with E-state index in [0.717, 1.165) is 6.07 Å². The zero-order chi connectivity index (χ0) is 20.6. The van der Waals surface area contributed by atoms with Crippen LogP contribution >= 0.6 is 11.6 Å². The zero-order valence-electron chi connectivity index (χ0n) is 14.3. The molecule has 0 atom stereocenters. The summed E-state index contributed by atoms with van der Waals surface area (Å²) in [4.78, 5) is 10.9. The summed E-state index contributed by atoms with van der Waals surface area (Å²) >= 11 is 6.01. The molecule has 11 heteroatoms. The number of fused-ring (bicyclic) bond motifs is 1. The minimum atomic E-state index is -4.62. The van der Waals surface area contributed by atoms with Crippen LogP contribution < -0.4 is 0 Å². The van der Waals surface area contributed by atoms with Gasteiger partial charge in [0, 0.05) is 10.4 Å². The number of aryl methyl sites for hydroxylation is 1. The number of azo groups is 1. The topological polar surface area (TPSA) is 137 Å². The molecule has 3 N–H and O–H groups in total. The predicted octanol–water partition coefficient (Wildman–Crippen LogP) is 3.95. The van der Waals surface area contributed by atoms with E-state index in [4.69, 9.17) is 11.6 Å². The maximum absolute atomic E-state index is 11.6. The fraction of sp³-hybridized carbons (Fsp3) is 0.0556. The van der Waals surface area contributed by atoms with Gasteiger partial charge in [0.05, 0.1) is 0 Å². The molecule has 0 amide bonds. The summed E-state index contributed by atoms with van der Waals surface area (Å²) in [6.45, 7) is 1.55. The van der Waals surface area contributed by atoms with Crippen molar-refractivity contribution in [3.8, 4) is 5.75 Å². The van der Waals surface area contributed by atoms with Crippen molar-refractivity contribution in [3.63, 3.8) is 0 Å². The summed E-state index contributed by atoms with van der Waals surface area (Å²) in [5.74, 6) is -1.99. The summed E-state index contributed by atoms with van der Waals surface area (Å²) < 4.78 is 32.7. The molecule has 0 radical (unpaired) electrons. The summed E-state index contributed by atoms with van der Waals surface area (Å²) in [6, 6.07) is 10.2. The molecule has 0 aliphatic carbocycles. The van der Waals surface area contributed by atoms with Gasteiger partial charge in [0.25, 0.3) is 10.1 Å². The number of aromatic carboxylic acids is 1. The van der Waals surface area contributed by atoms with E-state index in [1.165, 1.54) is 12.1 Å². The normalized spacial score (nSPS) is 11.6. The van der Waals surface area contributed by atoms with E-state index in [-0.39, 0.29) is 70.8 Å². The number of carboxylic acids is 1. The van der Waals surface area contributed by atoms with Crippen LogP contribution in [0.1, 0.15) is 15.9 Å². The number of hydrogen-bond acceptors (Lipinski definition) is 6. The van der Waals surface area contributed by atoms with Crippen LogP contribution in [-0.2, 0) is 10.1 Å². The molecule has 3 aromatic rings. The SMILES string of the molecule is Cc1cc(S(=O)(=O)O)c(N=Nc2c(O)c(C(=O)O)cc3ccccc23)cc1Cl.[BaH2]. The average Bonchev–Trinajstić information content (AvgIpc) is 2.61. The van der Waals surface area contributed by atoms with E-state index >= 15 is 0 Å². The number of rotatable bonds is 4. The van der Waals surface area contributed by atoms with Gasteiger partial charge in [-0.25, -0.2) is 4.79 Å². The van der Waals surface area contributed by atoms with E-state index in [2.05, 4.69) is 10.2 Å². The first kappa shape index (κ1) is 23.8. The molecule has 0 aliphatic heterocycles. The molecule has 0 fully saturated rings. The molecule has 0 bridgehead atoms. The molecule has 3 aromatic carbocycles. The van der Waals surface area contributed by atoms with Crippen molar-refractivity contribution in [2.24, 2.45) is 10.2 Å². The quantitative estimate of drug-likeness (QED) is 0.251. The summed E-state index contributed by atoms with van der Waals surface area (Å²) in [5, 5.41) is 28.4. The molecular formula is C18H15BaClN2O6S. The number of phenols is 1. The van der Waals surface area contributed by atoms with Crippen molar-refractivity contribution in [2.75, 3.05) is 0 Å². The van der Waals surface area contributed by atoms with Crippen LogP contribution in [0, 0.1) is 6.92 Å². The molecular weight excluding hydrogens is 545 g/mol. The van der Waals surface area contributed by atoms with Gasteiger partial charge in [0.15, 0.2) is 5.75 Å². The Hall–Kier alpha value is -1.44. The average molecular weight is 560 g/mol. The van der Waals surface area contributed by atoms with E-state index < -0.39 is 26.7 Å². The molecule has 29 heavy (non-hydrogen) atoms. The minimum absolute atomic E-state index is 0. The van der Waals surface area contributed by atoms with Crippen molar-refractivity contribution >= 4 is 98.7 Å². The number of carbonyl (C=O) groups is 1. The summed E-state index contributed by atoms with van der Waals surface area (Å²) in [7, 11) is -4.62. The molecule has 0 aliphatic rings. The Labute approximate surface area is 211 Å². The van der Waals surface area contributed by atoms with Crippen molar-refractivity contribution in [3.05, 3.63) is 58.6 Å². The van der Waals surface area contributed by atoms with Crippen LogP contribution in [0.25, 0.3) is 10.8 Å². The van der Waals surface area contributed by atoms with Gasteiger partial charge in [-0.2, -0.15) is 8.42 Å². The molecule has 0 spiro atoms. The first-order chi connectivity index (χ1) is 13.1. The first-order valence-corrected chi connectivity index (χ1v) is 9.58. The van der Waals surface area contributed by atoms with E-state index in [9.17, 15) is 28.0 Å². The van der Waals surface area contributed by atoms with Crippen LogP contribution in [0.2, 0.25) is 5.02 Å². The number of benzene rings is 3. The molecule has 148 valence electrons. The van der Waals surface area contributed by atoms with E-state index in [1.54, 1.807) is 31.2 Å². The third-order valence-electron chi connectivity index (χ3n) is 4.00. The number of aromatic hydroxyl groups is 1. The van der Waals surface area contributed by atoms with Crippen molar-refractivity contribution in [1.82, 2.24) is 0 Å². The Morgan fingerprint density at radius 1 is 1.10 bits per heavy atom. The van der Waals surface area contributed by atoms with Gasteiger partial charge in [-0.05, 0) is 36.1 Å². The summed E-state index contributed by atoms with van der Waals surface area (Å²) in [5.41, 5.74) is -0.408. The van der Waals surface area contributed by atoms with Gasteiger partial charge in [-0.1, -0.05) is 35.9 Å². The standard InChI is InChI=1S/C18H13ClN2O6S.Ba.2H/c1-9-6-15(28(25,26)27)14(8-13(9)19)20-21-16-11-5-3-2-4-10(11)7-12(17(16)22)18(23)24;;;/h2-8,22H,1H3,(H,23,24)(H,25,26,27);;;. The van der Waals surface area contributed by atoms with Crippen LogP contribution in [0.5, 0.6) is 5.75 Å². The van der Waals surface area contributed by atoms with Crippen LogP contribution in [0.4, 0.5) is 11.4 Å². The van der Waals surface area contributed by atoms with Crippen molar-refractivity contribution in [2.45, 2.75) is 11.8 Å². The summed E-state index contributed by atoms with van der Waals surface area (Å²) in [6.07, 6.45) is 0. The zero-order valence-corrected chi connectivity index (χ0v) is 15.9. The Morgan fingerprint density at radius 2 is 1.76 bits per heavy atom. The second kappa shape index (κ2) is 9.15. The molecule has 8 nitrogen and oxygen atoms in total. The third kappa shape index (κ3) is 5.01. The van der Waals surface area contributed by atoms with Gasteiger partial charge in [-0.3, -0.25) is 4.55 Å². The number of halogens is 1. The molecule has 0 heterocycles. The third-order valence-corrected chi connectivity index (χ3v) is 5.29. The van der Waals surface area contributed by atoms with Crippen molar-refractivity contribution < 1.29 is 28.0 Å². The van der Waals surface area contributed by atoms with Gasteiger partial charge >= 0.3 is 54.9 Å². The fourth-order valence-corrected chi connectivity index (χ4v) is 3.46. The van der Waals surface area contributed by atoms with Gasteiger partial charge in [-0.15, -0.1) is 10.2 Å². The molecule has 0 saturated heterocycles. The number of hydrogen-bond donors (Lipinski definition) is 3. The first-order valence-electron chi connectivity index (χ1n) is 7.77. The molecule has 0 unspecified atom stereocenters. The second-order valence-corrected chi connectivity index (χ2v) is 7.69. The van der Waals surface area contributed by atoms with Gasteiger partial charge in [0.1, 0.15) is 21.8 Å². The molecule has 0 aromatic heterocycles. The van der Waals surface area contributed by atoms with Crippen LogP contribution in [0.3, 0.4) is 0 Å². The van der Waals surface area contributed by atoms with Crippen LogP contribution in [0.15, 0.2) is 57.6 Å². The monoisotopic (exact) mass is 560 g/mol. The van der Waals surface area contributed by atoms with Gasteiger partial charge in [0.2, 0.25) is 0 Å². The van der Waals surface area contributed by atoms with E-state index in [0.29, 0.717) is 16.3 Å². The number of carboxylic acid groups (broad SMARTS) is 1. The van der Waals surface area contributed by atoms with Crippen molar-refractivity contribution in [1.29, 1.82) is 0 Å². The fourth-order valence-electron chi connectivity index (χ4n) is 2.61. The predicted molar refractivity (Wildman–Crippen MR) is 111 cm³/mol. The van der Waals surface area contributed by atoms with E-state index in [1.807, 2.05) is 0 Å². The Morgan fingerprint density at radius 3 is 2.38 bits per heavy atom. The van der Waals surface area contributed by atoms with Gasteiger partial charge < -0.3 is 10.2 Å². The molecule has 3 rings (SSSR count). The Bertz CT molecular complexity index is 1260. The number of nitrogens with zero attached hydrogens (tertiary/aromatic N) is 2. The van der Waals surface area contributed by atoms with Crippen LogP contribution in [-0.4, -0.2) is 78.0 Å².